The topological polar surface area (TPSA) is 57.6 Å². The molecule has 4 nitrogen and oxygen atoms in total. The van der Waals surface area contributed by atoms with Crippen molar-refractivity contribution in [3.8, 4) is 11.1 Å². The second-order valence-corrected chi connectivity index (χ2v) is 10.5. The lowest BCUT2D eigenvalue weighted by molar-refractivity contribution is -0.120. The molecule has 0 spiro atoms. The number of aliphatic hydroxyl groups is 1. The lowest BCUT2D eigenvalue weighted by atomic mass is 10.0. The molecule has 1 N–H and O–H groups in total. The summed E-state index contributed by atoms with van der Waals surface area (Å²) < 4.78 is 42.4. The van der Waals surface area contributed by atoms with Gasteiger partial charge in [-0.2, -0.15) is 0 Å². The second-order valence-electron chi connectivity index (χ2n) is 7.31. The summed E-state index contributed by atoms with van der Waals surface area (Å²) in [7, 11) is -2.71. The summed E-state index contributed by atoms with van der Waals surface area (Å²) in [5.74, 6) is -2.95. The summed E-state index contributed by atoms with van der Waals surface area (Å²) in [6, 6.07) is 8.80. The van der Waals surface area contributed by atoms with E-state index in [1.807, 2.05) is 0 Å². The Morgan fingerprint density at radius 2 is 1.78 bits per heavy atom. The van der Waals surface area contributed by atoms with Crippen molar-refractivity contribution in [3.63, 3.8) is 0 Å². The molecular formula is C20H22F2NO3P. The molecule has 27 heavy (non-hydrogen) atoms. The molecule has 0 saturated carbocycles. The maximum Gasteiger partial charge on any atom is 0.230 e. The average Bonchev–Trinajstić information content (AvgIpc) is 2.91. The minimum Gasteiger partial charge on any atom is -0.394 e. The normalized spacial score (nSPS) is 20.4. The van der Waals surface area contributed by atoms with Crippen LogP contribution in [-0.4, -0.2) is 37.0 Å². The largest absolute Gasteiger partial charge is 0.394 e. The van der Waals surface area contributed by atoms with Crippen molar-refractivity contribution in [1.29, 1.82) is 0 Å². The third kappa shape index (κ3) is 3.44. The van der Waals surface area contributed by atoms with E-state index in [0.29, 0.717) is 17.3 Å². The molecule has 2 aromatic rings. The third-order valence-electron chi connectivity index (χ3n) is 4.96. The molecule has 3 rings (SSSR count). The zero-order chi connectivity index (χ0) is 19.9. The monoisotopic (exact) mass is 393 g/mol. The first-order chi connectivity index (χ1) is 12.7. The van der Waals surface area contributed by atoms with Crippen LogP contribution in [-0.2, 0) is 9.36 Å². The number of rotatable bonds is 4. The van der Waals surface area contributed by atoms with Crippen LogP contribution in [0.15, 0.2) is 36.4 Å². The van der Waals surface area contributed by atoms with E-state index in [2.05, 4.69) is 0 Å². The van der Waals surface area contributed by atoms with Crippen molar-refractivity contribution >= 4 is 24.0 Å². The molecule has 1 fully saturated rings. The van der Waals surface area contributed by atoms with Crippen molar-refractivity contribution in [2.24, 2.45) is 5.92 Å². The predicted molar refractivity (Wildman–Crippen MR) is 103 cm³/mol. The van der Waals surface area contributed by atoms with Crippen LogP contribution in [0.25, 0.3) is 11.1 Å². The van der Waals surface area contributed by atoms with Gasteiger partial charge in [-0.1, -0.05) is 31.2 Å². The lowest BCUT2D eigenvalue weighted by Crippen LogP contribution is -2.36. The molecule has 1 amide bonds. The number of aliphatic hydroxyl groups excluding tert-OH is 1. The van der Waals surface area contributed by atoms with Gasteiger partial charge in [0.25, 0.3) is 0 Å². The number of hydrogen-bond donors (Lipinski definition) is 1. The minimum atomic E-state index is -2.71. The number of carbonyl (C=O) groups is 1. The SMILES string of the molecule is C[C@@H]1C[C@@H](CO)N(c2ccc(-c3ccccc3P(C)(C)=O)c(F)c2F)C1=O. The van der Waals surface area contributed by atoms with Crippen LogP contribution in [0.2, 0.25) is 0 Å². The summed E-state index contributed by atoms with van der Waals surface area (Å²) >= 11 is 0. The van der Waals surface area contributed by atoms with Gasteiger partial charge in [0.2, 0.25) is 5.91 Å². The molecule has 7 heteroatoms. The van der Waals surface area contributed by atoms with E-state index < -0.39 is 24.8 Å². The van der Waals surface area contributed by atoms with E-state index in [1.165, 1.54) is 12.1 Å². The Labute approximate surface area is 157 Å². The standard InChI is InChI=1S/C20H22F2NO3P/c1-12-10-13(11-24)23(20(12)25)16-9-8-15(18(21)19(16)22)14-6-4-5-7-17(14)27(2,3)26/h4-9,12-13,24H,10-11H2,1-3H3/t12-,13+/m1/s1. The van der Waals surface area contributed by atoms with Crippen LogP contribution >= 0.6 is 7.14 Å². The van der Waals surface area contributed by atoms with E-state index >= 15 is 0 Å². The zero-order valence-corrected chi connectivity index (χ0v) is 16.3. The van der Waals surface area contributed by atoms with Crippen molar-refractivity contribution in [1.82, 2.24) is 0 Å². The number of halogens is 2. The third-order valence-corrected chi connectivity index (χ3v) is 6.51. The summed E-state index contributed by atoms with van der Waals surface area (Å²) in [6.07, 6.45) is 0.385. The molecule has 1 aliphatic rings. The molecule has 0 radical (unpaired) electrons. The fraction of sp³-hybridized carbons (Fsp3) is 0.350. The van der Waals surface area contributed by atoms with E-state index in [4.69, 9.17) is 0 Å². The van der Waals surface area contributed by atoms with Crippen LogP contribution in [0.1, 0.15) is 13.3 Å². The number of hydrogen-bond acceptors (Lipinski definition) is 3. The maximum absolute atomic E-state index is 15.0. The van der Waals surface area contributed by atoms with Crippen LogP contribution in [0.3, 0.4) is 0 Å². The Hall–Kier alpha value is -2.04. The average molecular weight is 393 g/mol. The number of benzene rings is 2. The number of anilines is 1. The molecule has 0 aliphatic carbocycles. The highest BCUT2D eigenvalue weighted by atomic mass is 31.2. The van der Waals surface area contributed by atoms with Gasteiger partial charge in [0.05, 0.1) is 18.3 Å². The fourth-order valence-corrected chi connectivity index (χ4v) is 4.83. The van der Waals surface area contributed by atoms with Crippen molar-refractivity contribution in [2.75, 3.05) is 24.8 Å². The van der Waals surface area contributed by atoms with Gasteiger partial charge in [-0.25, -0.2) is 8.78 Å². The van der Waals surface area contributed by atoms with Gasteiger partial charge in [0, 0.05) is 16.8 Å². The highest BCUT2D eigenvalue weighted by molar-refractivity contribution is 7.70. The first-order valence-electron chi connectivity index (χ1n) is 8.73. The molecule has 0 unspecified atom stereocenters. The summed E-state index contributed by atoms with van der Waals surface area (Å²) in [5.41, 5.74) is 0.183. The van der Waals surface area contributed by atoms with Crippen LogP contribution < -0.4 is 10.2 Å². The van der Waals surface area contributed by atoms with Crippen LogP contribution in [0.5, 0.6) is 0 Å². The van der Waals surface area contributed by atoms with Crippen LogP contribution in [0, 0.1) is 17.6 Å². The van der Waals surface area contributed by atoms with Crippen molar-refractivity contribution in [3.05, 3.63) is 48.0 Å². The molecule has 144 valence electrons. The molecule has 1 aliphatic heterocycles. The molecule has 1 saturated heterocycles. The van der Waals surface area contributed by atoms with Crippen molar-refractivity contribution in [2.45, 2.75) is 19.4 Å². The number of amides is 1. The first-order valence-corrected chi connectivity index (χ1v) is 11.3. The second kappa shape index (κ2) is 7.17. The van der Waals surface area contributed by atoms with Gasteiger partial charge < -0.3 is 14.6 Å². The summed E-state index contributed by atoms with van der Waals surface area (Å²) in [5, 5.41) is 9.98. The first kappa shape index (κ1) is 19.7. The zero-order valence-electron chi connectivity index (χ0n) is 15.4. The summed E-state index contributed by atoms with van der Waals surface area (Å²) in [4.78, 5) is 13.5. The van der Waals surface area contributed by atoms with Crippen LogP contribution in [0.4, 0.5) is 14.5 Å². The van der Waals surface area contributed by atoms with Crippen molar-refractivity contribution < 1.29 is 23.2 Å². The number of nitrogens with zero attached hydrogens (tertiary/aromatic N) is 1. The molecule has 0 bridgehead atoms. The quantitative estimate of drug-likeness (QED) is 0.808. The molecule has 0 aromatic heterocycles. The Morgan fingerprint density at radius 3 is 2.41 bits per heavy atom. The number of carbonyl (C=O) groups excluding carboxylic acids is 1. The Morgan fingerprint density at radius 1 is 1.11 bits per heavy atom. The van der Waals surface area contributed by atoms with Gasteiger partial charge in [-0.05, 0) is 37.4 Å². The van der Waals surface area contributed by atoms with Gasteiger partial charge in [0.1, 0.15) is 7.14 Å². The van der Waals surface area contributed by atoms with E-state index in [9.17, 15) is 23.2 Å². The maximum atomic E-state index is 15.0. The van der Waals surface area contributed by atoms with Gasteiger partial charge in [0.15, 0.2) is 11.6 Å². The Balaban J connectivity index is 2.13. The van der Waals surface area contributed by atoms with E-state index in [-0.39, 0.29) is 29.7 Å². The lowest BCUT2D eigenvalue weighted by Gasteiger charge is -2.24. The smallest absolute Gasteiger partial charge is 0.230 e. The highest BCUT2D eigenvalue weighted by Gasteiger charge is 2.39. The van der Waals surface area contributed by atoms with Gasteiger partial charge in [-0.3, -0.25) is 4.79 Å². The molecule has 2 atom stereocenters. The Bertz CT molecular complexity index is 941. The van der Waals surface area contributed by atoms with Gasteiger partial charge >= 0.3 is 0 Å². The fourth-order valence-electron chi connectivity index (χ4n) is 3.61. The molecule has 1 heterocycles. The molecular weight excluding hydrogens is 371 g/mol. The van der Waals surface area contributed by atoms with Gasteiger partial charge in [-0.15, -0.1) is 0 Å². The summed E-state index contributed by atoms with van der Waals surface area (Å²) in [6.45, 7) is 4.52. The van der Waals surface area contributed by atoms with E-state index in [0.717, 1.165) is 4.90 Å². The van der Waals surface area contributed by atoms with E-state index in [1.54, 1.807) is 44.5 Å². The predicted octanol–water partition coefficient (Wildman–Crippen LogP) is 3.61. The Kier molecular flexibility index (Phi) is 5.24. The highest BCUT2D eigenvalue weighted by Crippen LogP contribution is 2.41. The molecule has 2 aromatic carbocycles. The minimum absolute atomic E-state index is 0.00369.